The Hall–Kier alpha value is -1.51. The molecule has 64 valence electrons. The van der Waals surface area contributed by atoms with Crippen molar-refractivity contribution < 1.29 is 9.90 Å². The maximum absolute atomic E-state index is 10.6. The Balaban J connectivity index is 3.04. The first-order valence-electron chi connectivity index (χ1n) is 3.67. The van der Waals surface area contributed by atoms with E-state index in [-0.39, 0.29) is 12.2 Å². The van der Waals surface area contributed by atoms with Gasteiger partial charge in [0.05, 0.1) is 6.42 Å². The summed E-state index contributed by atoms with van der Waals surface area (Å²) in [5.74, 6) is -0.298. The van der Waals surface area contributed by atoms with Crippen molar-refractivity contribution in [2.24, 2.45) is 5.73 Å². The number of carbonyl (C=O) groups is 1. The third kappa shape index (κ3) is 1.75. The summed E-state index contributed by atoms with van der Waals surface area (Å²) in [5.41, 5.74) is 6.51. The highest BCUT2D eigenvalue weighted by Crippen LogP contribution is 2.20. The third-order valence-electron chi connectivity index (χ3n) is 1.74. The highest BCUT2D eigenvalue weighted by Gasteiger charge is 2.06. The molecule has 0 aliphatic heterocycles. The number of amides is 1. The zero-order valence-corrected chi connectivity index (χ0v) is 6.87. The predicted octanol–water partition coefficient (Wildman–Crippen LogP) is 0.728. The van der Waals surface area contributed by atoms with Crippen molar-refractivity contribution in [3.63, 3.8) is 0 Å². The Bertz CT molecular complexity index is 287. The van der Waals surface area contributed by atoms with E-state index in [9.17, 15) is 9.90 Å². The van der Waals surface area contributed by atoms with Crippen molar-refractivity contribution in [3.05, 3.63) is 29.3 Å². The number of carbonyl (C=O) groups excluding carboxylic acids is 1. The van der Waals surface area contributed by atoms with Crippen molar-refractivity contribution >= 4 is 5.91 Å². The lowest BCUT2D eigenvalue weighted by molar-refractivity contribution is -0.117. The molecule has 12 heavy (non-hydrogen) atoms. The first kappa shape index (κ1) is 8.59. The molecule has 0 aliphatic rings. The van der Waals surface area contributed by atoms with Crippen LogP contribution in [-0.4, -0.2) is 11.0 Å². The largest absolute Gasteiger partial charge is 0.508 e. The van der Waals surface area contributed by atoms with Crippen molar-refractivity contribution in [1.82, 2.24) is 0 Å². The molecule has 1 aromatic carbocycles. The van der Waals surface area contributed by atoms with E-state index in [1.807, 2.05) is 13.0 Å². The van der Waals surface area contributed by atoms with Gasteiger partial charge in [-0.25, -0.2) is 0 Å². The predicted molar refractivity (Wildman–Crippen MR) is 45.7 cm³/mol. The summed E-state index contributed by atoms with van der Waals surface area (Å²) >= 11 is 0. The van der Waals surface area contributed by atoms with Gasteiger partial charge in [-0.3, -0.25) is 4.79 Å². The number of phenols is 1. The molecule has 3 N–H and O–H groups in total. The Morgan fingerprint density at radius 3 is 2.75 bits per heavy atom. The van der Waals surface area contributed by atoms with Gasteiger partial charge in [-0.05, 0) is 18.6 Å². The van der Waals surface area contributed by atoms with Crippen LogP contribution in [-0.2, 0) is 11.2 Å². The fourth-order valence-electron chi connectivity index (χ4n) is 1.09. The molecule has 1 amide bonds. The highest BCUT2D eigenvalue weighted by atomic mass is 16.3. The van der Waals surface area contributed by atoms with Gasteiger partial charge in [-0.2, -0.15) is 0 Å². The zero-order chi connectivity index (χ0) is 9.14. The fraction of sp³-hybridized carbons (Fsp3) is 0.222. The topological polar surface area (TPSA) is 63.3 Å². The Labute approximate surface area is 70.8 Å². The summed E-state index contributed by atoms with van der Waals surface area (Å²) in [7, 11) is 0. The molecule has 0 saturated carbocycles. The van der Waals surface area contributed by atoms with Gasteiger partial charge in [0.2, 0.25) is 5.91 Å². The van der Waals surface area contributed by atoms with E-state index in [1.54, 1.807) is 12.1 Å². The molecule has 0 heterocycles. The summed E-state index contributed by atoms with van der Waals surface area (Å²) in [5, 5.41) is 9.33. The molecule has 3 nitrogen and oxygen atoms in total. The number of rotatable bonds is 2. The van der Waals surface area contributed by atoms with Crippen molar-refractivity contribution in [2.45, 2.75) is 13.3 Å². The number of benzene rings is 1. The van der Waals surface area contributed by atoms with Crippen LogP contribution in [0.5, 0.6) is 5.75 Å². The molecule has 1 rings (SSSR count). The van der Waals surface area contributed by atoms with Gasteiger partial charge in [-0.1, -0.05) is 12.1 Å². The van der Waals surface area contributed by atoms with E-state index >= 15 is 0 Å². The second-order valence-electron chi connectivity index (χ2n) is 2.72. The van der Waals surface area contributed by atoms with Crippen LogP contribution in [0.3, 0.4) is 0 Å². The fourth-order valence-corrected chi connectivity index (χ4v) is 1.09. The van der Waals surface area contributed by atoms with E-state index in [2.05, 4.69) is 0 Å². The first-order valence-corrected chi connectivity index (χ1v) is 3.67. The van der Waals surface area contributed by atoms with E-state index in [0.717, 1.165) is 5.56 Å². The zero-order valence-electron chi connectivity index (χ0n) is 6.87. The summed E-state index contributed by atoms with van der Waals surface area (Å²) in [4.78, 5) is 10.6. The minimum Gasteiger partial charge on any atom is -0.508 e. The maximum atomic E-state index is 10.6. The van der Waals surface area contributed by atoms with Gasteiger partial charge in [-0.15, -0.1) is 0 Å². The quantitative estimate of drug-likeness (QED) is 0.678. The number of nitrogens with two attached hydrogens (primary N) is 1. The lowest BCUT2D eigenvalue weighted by atomic mass is 10.0. The van der Waals surface area contributed by atoms with Crippen molar-refractivity contribution in [3.8, 4) is 5.75 Å². The highest BCUT2D eigenvalue weighted by molar-refractivity contribution is 5.77. The second-order valence-corrected chi connectivity index (χ2v) is 2.72. The summed E-state index contributed by atoms with van der Waals surface area (Å²) in [6, 6.07) is 5.11. The summed E-state index contributed by atoms with van der Waals surface area (Å²) < 4.78 is 0. The smallest absolute Gasteiger partial charge is 0.221 e. The van der Waals surface area contributed by atoms with Crippen LogP contribution in [0.15, 0.2) is 18.2 Å². The molecule has 0 spiro atoms. The number of phenolic OH excluding ortho intramolecular Hbond substituents is 1. The van der Waals surface area contributed by atoms with Gasteiger partial charge in [0.1, 0.15) is 5.75 Å². The molecule has 0 bridgehead atoms. The molecular formula is C9H11NO2. The Morgan fingerprint density at radius 1 is 1.58 bits per heavy atom. The third-order valence-corrected chi connectivity index (χ3v) is 1.74. The van der Waals surface area contributed by atoms with Crippen LogP contribution in [0.1, 0.15) is 11.1 Å². The van der Waals surface area contributed by atoms with E-state index < -0.39 is 5.91 Å². The Morgan fingerprint density at radius 2 is 2.25 bits per heavy atom. The molecule has 0 atom stereocenters. The Kier molecular flexibility index (Phi) is 2.33. The average Bonchev–Trinajstić information content (AvgIpc) is 1.97. The molecule has 0 radical (unpaired) electrons. The van der Waals surface area contributed by atoms with E-state index in [4.69, 9.17) is 5.73 Å². The van der Waals surface area contributed by atoms with Crippen LogP contribution in [0.4, 0.5) is 0 Å². The maximum Gasteiger partial charge on any atom is 0.221 e. The van der Waals surface area contributed by atoms with Crippen LogP contribution in [0.2, 0.25) is 0 Å². The van der Waals surface area contributed by atoms with Crippen LogP contribution < -0.4 is 5.73 Å². The average molecular weight is 165 g/mol. The molecule has 0 aromatic heterocycles. The van der Waals surface area contributed by atoms with Crippen LogP contribution in [0, 0.1) is 6.92 Å². The van der Waals surface area contributed by atoms with Crippen LogP contribution in [0.25, 0.3) is 0 Å². The van der Waals surface area contributed by atoms with E-state index in [0.29, 0.717) is 5.56 Å². The molecule has 3 heteroatoms. The van der Waals surface area contributed by atoms with Crippen molar-refractivity contribution in [2.75, 3.05) is 0 Å². The lowest BCUT2D eigenvalue weighted by Gasteiger charge is -2.04. The molecule has 0 fully saturated rings. The molecule has 0 saturated heterocycles. The molecule has 0 unspecified atom stereocenters. The normalized spacial score (nSPS) is 9.75. The number of aromatic hydroxyl groups is 1. The molecular weight excluding hydrogens is 154 g/mol. The monoisotopic (exact) mass is 165 g/mol. The summed E-state index contributed by atoms with van der Waals surface area (Å²) in [6.07, 6.45) is 0.0957. The number of hydrogen-bond acceptors (Lipinski definition) is 2. The van der Waals surface area contributed by atoms with Crippen molar-refractivity contribution in [1.29, 1.82) is 0 Å². The second kappa shape index (κ2) is 3.26. The number of hydrogen-bond donors (Lipinski definition) is 2. The molecule has 1 aromatic rings. The minimum atomic E-state index is -0.431. The van der Waals surface area contributed by atoms with E-state index in [1.165, 1.54) is 0 Å². The minimum absolute atomic E-state index is 0.0957. The van der Waals surface area contributed by atoms with Crippen LogP contribution >= 0.6 is 0 Å². The molecule has 0 aliphatic carbocycles. The summed E-state index contributed by atoms with van der Waals surface area (Å²) in [6.45, 7) is 1.83. The van der Waals surface area contributed by atoms with Gasteiger partial charge in [0, 0.05) is 5.56 Å². The number of aryl methyl sites for hydroxylation is 1. The standard InChI is InChI=1S/C9H11NO2/c1-6-3-2-4-8(11)7(6)5-9(10)12/h2-4,11H,5H2,1H3,(H2,10,12). The lowest BCUT2D eigenvalue weighted by Crippen LogP contribution is -2.14. The SMILES string of the molecule is Cc1cccc(O)c1CC(N)=O. The first-order chi connectivity index (χ1) is 5.61. The van der Waals surface area contributed by atoms with Gasteiger partial charge < -0.3 is 10.8 Å². The van der Waals surface area contributed by atoms with Gasteiger partial charge >= 0.3 is 0 Å². The van der Waals surface area contributed by atoms with Gasteiger partial charge in [0.25, 0.3) is 0 Å². The number of primary amides is 1. The van der Waals surface area contributed by atoms with Gasteiger partial charge in [0.15, 0.2) is 0 Å².